The van der Waals surface area contributed by atoms with Gasteiger partial charge in [0.2, 0.25) is 0 Å². The van der Waals surface area contributed by atoms with Crippen molar-refractivity contribution in [2.45, 2.75) is 51.0 Å². The Morgan fingerprint density at radius 1 is 1.28 bits per heavy atom. The van der Waals surface area contributed by atoms with Gasteiger partial charge in [-0.25, -0.2) is 0 Å². The highest BCUT2D eigenvalue weighted by Gasteiger charge is 2.48. The third-order valence-electron chi connectivity index (χ3n) is 4.75. The number of hydrogen-bond acceptors (Lipinski definition) is 3. The molecule has 0 radical (unpaired) electrons. The SMILES string of the molecule is CC1(OC(=O)C2CC3C=CC2C3=O)CCCCC1. The first kappa shape index (κ1) is 11.9. The van der Waals surface area contributed by atoms with E-state index in [1.165, 1.54) is 6.42 Å². The van der Waals surface area contributed by atoms with E-state index in [0.717, 1.165) is 25.7 Å². The second-order valence-corrected chi connectivity index (χ2v) is 6.19. The predicted octanol–water partition coefficient (Wildman–Crippen LogP) is 2.64. The number of Topliss-reactive ketones (excluding diaryl/α,β-unsaturated/α-hetero) is 1. The third kappa shape index (κ3) is 1.90. The number of carbonyl (C=O) groups excluding carboxylic acids is 2. The number of ketones is 1. The minimum Gasteiger partial charge on any atom is -0.459 e. The standard InChI is InChI=1S/C15H20O3/c1-15(7-3-2-4-8-15)18-14(17)12-9-10-5-6-11(12)13(10)16/h5-6,10-12H,2-4,7-9H2,1H3. The molecule has 0 aromatic rings. The highest BCUT2D eigenvalue weighted by Crippen LogP contribution is 2.42. The summed E-state index contributed by atoms with van der Waals surface area (Å²) in [5.74, 6) is -0.372. The minimum absolute atomic E-state index is 0.0216. The summed E-state index contributed by atoms with van der Waals surface area (Å²) in [6.45, 7) is 2.04. The fourth-order valence-corrected chi connectivity index (χ4v) is 3.60. The van der Waals surface area contributed by atoms with Gasteiger partial charge >= 0.3 is 5.97 Å². The summed E-state index contributed by atoms with van der Waals surface area (Å²) < 4.78 is 5.74. The highest BCUT2D eigenvalue weighted by atomic mass is 16.6. The van der Waals surface area contributed by atoms with E-state index in [1.54, 1.807) is 0 Å². The van der Waals surface area contributed by atoms with E-state index in [-0.39, 0.29) is 35.1 Å². The summed E-state index contributed by atoms with van der Waals surface area (Å²) in [6.07, 6.45) is 9.94. The van der Waals surface area contributed by atoms with Crippen LogP contribution in [0.4, 0.5) is 0 Å². The summed E-state index contributed by atoms with van der Waals surface area (Å²) in [6, 6.07) is 0. The lowest BCUT2D eigenvalue weighted by Crippen LogP contribution is -2.37. The Morgan fingerprint density at radius 3 is 2.56 bits per heavy atom. The van der Waals surface area contributed by atoms with Gasteiger partial charge in [0.05, 0.1) is 5.92 Å². The summed E-state index contributed by atoms with van der Waals surface area (Å²) in [5, 5.41) is 0. The fraction of sp³-hybridized carbons (Fsp3) is 0.733. The van der Waals surface area contributed by atoms with Crippen molar-refractivity contribution in [3.63, 3.8) is 0 Å². The third-order valence-corrected chi connectivity index (χ3v) is 4.75. The van der Waals surface area contributed by atoms with Crippen molar-refractivity contribution < 1.29 is 14.3 Å². The van der Waals surface area contributed by atoms with Crippen LogP contribution < -0.4 is 0 Å². The quantitative estimate of drug-likeness (QED) is 0.557. The molecule has 3 rings (SSSR count). The van der Waals surface area contributed by atoms with Gasteiger partial charge in [-0.15, -0.1) is 0 Å². The van der Waals surface area contributed by atoms with Gasteiger partial charge in [-0.1, -0.05) is 18.6 Å². The zero-order valence-corrected chi connectivity index (χ0v) is 10.9. The van der Waals surface area contributed by atoms with Crippen molar-refractivity contribution in [2.75, 3.05) is 0 Å². The fourth-order valence-electron chi connectivity index (χ4n) is 3.60. The molecule has 0 heterocycles. The molecule has 0 N–H and O–H groups in total. The number of allylic oxidation sites excluding steroid dienone is 2. The summed E-state index contributed by atoms with van der Waals surface area (Å²) >= 11 is 0. The minimum atomic E-state index is -0.288. The first-order chi connectivity index (χ1) is 8.59. The van der Waals surface area contributed by atoms with E-state index in [4.69, 9.17) is 4.74 Å². The van der Waals surface area contributed by atoms with Crippen LogP contribution in [0.25, 0.3) is 0 Å². The highest BCUT2D eigenvalue weighted by molar-refractivity contribution is 5.96. The molecule has 3 atom stereocenters. The molecule has 98 valence electrons. The Bertz CT molecular complexity index is 404. The van der Waals surface area contributed by atoms with Gasteiger partial charge in [0.25, 0.3) is 0 Å². The zero-order chi connectivity index (χ0) is 12.8. The summed E-state index contributed by atoms with van der Waals surface area (Å²) in [5.41, 5.74) is -0.288. The molecule has 0 amide bonds. The van der Waals surface area contributed by atoms with Crippen LogP contribution in [0.2, 0.25) is 0 Å². The smallest absolute Gasteiger partial charge is 0.310 e. The molecule has 2 bridgehead atoms. The van der Waals surface area contributed by atoms with Crippen molar-refractivity contribution in [1.82, 2.24) is 0 Å². The van der Waals surface area contributed by atoms with E-state index >= 15 is 0 Å². The van der Waals surface area contributed by atoms with Crippen LogP contribution in [0.5, 0.6) is 0 Å². The van der Waals surface area contributed by atoms with Gasteiger partial charge in [0.15, 0.2) is 0 Å². The molecule has 2 saturated carbocycles. The van der Waals surface area contributed by atoms with Gasteiger partial charge < -0.3 is 4.74 Å². The number of esters is 1. The lowest BCUT2D eigenvalue weighted by atomic mass is 9.85. The average Bonchev–Trinajstić information content (AvgIpc) is 2.85. The van der Waals surface area contributed by atoms with Crippen LogP contribution >= 0.6 is 0 Å². The maximum atomic E-state index is 12.2. The van der Waals surface area contributed by atoms with Crippen LogP contribution in [0.15, 0.2) is 12.2 Å². The number of ether oxygens (including phenoxy) is 1. The first-order valence-electron chi connectivity index (χ1n) is 7.04. The van der Waals surface area contributed by atoms with E-state index < -0.39 is 0 Å². The molecule has 3 heteroatoms. The number of hydrogen-bond donors (Lipinski definition) is 0. The normalized spacial score (nSPS) is 36.9. The molecule has 2 fully saturated rings. The van der Waals surface area contributed by atoms with E-state index in [0.29, 0.717) is 6.42 Å². The Hall–Kier alpha value is -1.12. The molecule has 18 heavy (non-hydrogen) atoms. The lowest BCUT2D eigenvalue weighted by molar-refractivity contribution is -0.167. The topological polar surface area (TPSA) is 43.4 Å². The molecular weight excluding hydrogens is 228 g/mol. The summed E-state index contributed by atoms with van der Waals surface area (Å²) in [4.78, 5) is 24.0. The second-order valence-electron chi connectivity index (χ2n) is 6.19. The van der Waals surface area contributed by atoms with Crippen molar-refractivity contribution in [1.29, 1.82) is 0 Å². The van der Waals surface area contributed by atoms with Gasteiger partial charge in [-0.3, -0.25) is 9.59 Å². The molecule has 0 aromatic heterocycles. The van der Waals surface area contributed by atoms with Crippen LogP contribution in [0.3, 0.4) is 0 Å². The van der Waals surface area contributed by atoms with Crippen LogP contribution in [-0.4, -0.2) is 17.4 Å². The van der Waals surface area contributed by atoms with Gasteiger partial charge in [-0.05, 0) is 39.0 Å². The van der Waals surface area contributed by atoms with E-state index in [1.807, 2.05) is 19.1 Å². The molecular formula is C15H20O3. The zero-order valence-electron chi connectivity index (χ0n) is 10.9. The van der Waals surface area contributed by atoms with E-state index in [9.17, 15) is 9.59 Å². The lowest BCUT2D eigenvalue weighted by Gasteiger charge is -2.34. The van der Waals surface area contributed by atoms with Crippen LogP contribution in [0.1, 0.15) is 45.4 Å². The second kappa shape index (κ2) is 4.22. The maximum absolute atomic E-state index is 12.2. The monoisotopic (exact) mass is 248 g/mol. The molecule has 3 aliphatic carbocycles. The average molecular weight is 248 g/mol. The van der Waals surface area contributed by atoms with E-state index in [2.05, 4.69) is 0 Å². The largest absolute Gasteiger partial charge is 0.459 e. The number of rotatable bonds is 2. The Kier molecular flexibility index (Phi) is 2.80. The molecule has 0 aliphatic heterocycles. The van der Waals surface area contributed by atoms with Gasteiger partial charge in [0.1, 0.15) is 11.4 Å². The Morgan fingerprint density at radius 2 is 2.00 bits per heavy atom. The Balaban J connectivity index is 1.66. The van der Waals surface area contributed by atoms with Gasteiger partial charge in [-0.2, -0.15) is 0 Å². The molecule has 0 saturated heterocycles. The van der Waals surface area contributed by atoms with Crippen molar-refractivity contribution >= 4 is 11.8 Å². The van der Waals surface area contributed by atoms with Crippen molar-refractivity contribution in [3.8, 4) is 0 Å². The molecule has 3 unspecified atom stereocenters. The maximum Gasteiger partial charge on any atom is 0.310 e. The molecule has 3 aliphatic rings. The van der Waals surface area contributed by atoms with Crippen LogP contribution in [-0.2, 0) is 14.3 Å². The van der Waals surface area contributed by atoms with Crippen molar-refractivity contribution in [2.24, 2.45) is 17.8 Å². The number of fused-ring (bicyclic) bond motifs is 2. The predicted molar refractivity (Wildman–Crippen MR) is 66.8 cm³/mol. The van der Waals surface area contributed by atoms with Crippen molar-refractivity contribution in [3.05, 3.63) is 12.2 Å². The molecule has 0 aromatic carbocycles. The summed E-state index contributed by atoms with van der Waals surface area (Å²) in [7, 11) is 0. The first-order valence-corrected chi connectivity index (χ1v) is 7.04. The molecule has 0 spiro atoms. The molecule has 3 nitrogen and oxygen atoms in total. The Labute approximate surface area is 108 Å². The van der Waals surface area contributed by atoms with Crippen LogP contribution in [0, 0.1) is 17.8 Å². The number of carbonyl (C=O) groups is 2. The van der Waals surface area contributed by atoms with Gasteiger partial charge in [0, 0.05) is 11.8 Å².